The molecule has 0 saturated carbocycles. The Morgan fingerprint density at radius 1 is 0.571 bits per heavy atom. The van der Waals surface area contributed by atoms with Crippen LogP contribution in [0, 0.1) is 17.8 Å². The molecule has 0 rings (SSSR count). The molecule has 6 nitrogen and oxygen atoms in total. The van der Waals surface area contributed by atoms with Gasteiger partial charge in [0, 0.05) is 5.92 Å². The van der Waals surface area contributed by atoms with Gasteiger partial charge in [0.1, 0.15) is 0 Å². The quantitative estimate of drug-likeness (QED) is 0.274. The lowest BCUT2D eigenvalue weighted by atomic mass is 9.78. The Morgan fingerprint density at radius 3 is 0.929 bits per heavy atom. The number of hydrogen-bond acceptors (Lipinski definition) is 6. The van der Waals surface area contributed by atoms with Crippen molar-refractivity contribution in [3.05, 3.63) is 0 Å². The van der Waals surface area contributed by atoms with E-state index < -0.39 is 18.5 Å². The Hall–Kier alpha value is -0.240. The highest BCUT2D eigenvalue weighted by atomic mass is 15.0. The van der Waals surface area contributed by atoms with Gasteiger partial charge in [0.15, 0.2) is 0 Å². The van der Waals surface area contributed by atoms with Gasteiger partial charge in [0.25, 0.3) is 0 Å². The Morgan fingerprint density at radius 2 is 0.857 bits per heavy atom. The summed E-state index contributed by atoms with van der Waals surface area (Å²) in [6.07, 6.45) is -1.71. The van der Waals surface area contributed by atoms with Gasteiger partial charge < -0.3 is 34.4 Å². The molecule has 0 aromatic carbocycles. The van der Waals surface area contributed by atoms with Crippen molar-refractivity contribution in [3.8, 4) is 0 Å². The number of rotatable bonds is 5. The Bertz CT molecular complexity index is 122. The van der Waals surface area contributed by atoms with E-state index in [-0.39, 0.29) is 17.8 Å². The molecule has 0 amide bonds. The minimum Gasteiger partial charge on any atom is -0.316 e. The lowest BCUT2D eigenvalue weighted by Gasteiger charge is -2.37. The summed E-state index contributed by atoms with van der Waals surface area (Å²) in [4.78, 5) is 0. The van der Waals surface area contributed by atoms with E-state index in [0.717, 1.165) is 0 Å². The number of nitrogens with two attached hydrogens (primary N) is 6. The van der Waals surface area contributed by atoms with E-state index >= 15 is 0 Å². The third-order valence-electron chi connectivity index (χ3n) is 2.55. The molecule has 1 unspecified atom stereocenters. The Labute approximate surface area is 85.3 Å². The Kier molecular flexibility index (Phi) is 5.50. The summed E-state index contributed by atoms with van der Waals surface area (Å²) in [7, 11) is 0. The van der Waals surface area contributed by atoms with Crippen LogP contribution in [0.15, 0.2) is 0 Å². The molecule has 0 aliphatic carbocycles. The van der Waals surface area contributed by atoms with Crippen LogP contribution in [0.1, 0.15) is 13.8 Å². The highest BCUT2D eigenvalue weighted by molar-refractivity contribution is 4.87. The minimum atomic E-state index is -0.600. The second-order valence-electron chi connectivity index (χ2n) is 4.13. The van der Waals surface area contributed by atoms with Crippen LogP contribution in [0.3, 0.4) is 0 Å². The van der Waals surface area contributed by atoms with Gasteiger partial charge in [-0.2, -0.15) is 0 Å². The molecule has 6 heteroatoms. The molecule has 14 heavy (non-hydrogen) atoms. The molecule has 0 bridgehead atoms. The first-order valence-electron chi connectivity index (χ1n) is 4.82. The third-order valence-corrected chi connectivity index (χ3v) is 2.55. The van der Waals surface area contributed by atoms with Gasteiger partial charge >= 0.3 is 0 Å². The lowest BCUT2D eigenvalue weighted by Crippen LogP contribution is -2.60. The van der Waals surface area contributed by atoms with E-state index in [0.29, 0.717) is 0 Å². The standard InChI is InChI=1S/C8H24N6/c1-3(2)4(6(9)10)5(7(11)12)8(13)14/h3-8H,9-14H2,1-2H3. The molecule has 0 radical (unpaired) electrons. The van der Waals surface area contributed by atoms with Gasteiger partial charge in [-0.15, -0.1) is 0 Å². The average molecular weight is 204 g/mol. The largest absolute Gasteiger partial charge is 0.316 e. The molecular weight excluding hydrogens is 180 g/mol. The zero-order valence-electron chi connectivity index (χ0n) is 8.93. The van der Waals surface area contributed by atoms with E-state index in [1.54, 1.807) is 0 Å². The summed E-state index contributed by atoms with van der Waals surface area (Å²) >= 11 is 0. The van der Waals surface area contributed by atoms with E-state index in [9.17, 15) is 0 Å². The van der Waals surface area contributed by atoms with Crippen molar-refractivity contribution < 1.29 is 0 Å². The highest BCUT2D eigenvalue weighted by Crippen LogP contribution is 2.23. The summed E-state index contributed by atoms with van der Waals surface area (Å²) in [6.45, 7) is 3.99. The van der Waals surface area contributed by atoms with Crippen LogP contribution >= 0.6 is 0 Å². The first-order valence-corrected chi connectivity index (χ1v) is 4.82. The molecule has 1 atom stereocenters. The topological polar surface area (TPSA) is 156 Å². The maximum atomic E-state index is 5.67. The summed E-state index contributed by atoms with van der Waals surface area (Å²) in [5, 5.41) is 0. The van der Waals surface area contributed by atoms with Gasteiger partial charge in [0.2, 0.25) is 0 Å². The molecule has 0 aromatic heterocycles. The van der Waals surface area contributed by atoms with Gasteiger partial charge in [0.05, 0.1) is 18.5 Å². The minimum absolute atomic E-state index is 0.0741. The van der Waals surface area contributed by atoms with Crippen molar-refractivity contribution in [2.75, 3.05) is 0 Å². The fourth-order valence-corrected chi connectivity index (χ4v) is 1.92. The van der Waals surface area contributed by atoms with E-state index in [4.69, 9.17) is 34.4 Å². The zero-order valence-corrected chi connectivity index (χ0v) is 8.93. The molecule has 0 aliphatic rings. The smallest absolute Gasteiger partial charge is 0.0581 e. The second kappa shape index (κ2) is 5.59. The van der Waals surface area contributed by atoms with Crippen LogP contribution in [-0.4, -0.2) is 18.5 Å². The normalized spacial score (nSPS) is 15.2. The van der Waals surface area contributed by atoms with Crippen molar-refractivity contribution in [2.45, 2.75) is 32.3 Å². The van der Waals surface area contributed by atoms with Crippen molar-refractivity contribution in [1.82, 2.24) is 0 Å². The molecule has 0 saturated heterocycles. The van der Waals surface area contributed by atoms with Gasteiger partial charge in [-0.05, 0) is 11.8 Å². The van der Waals surface area contributed by atoms with Crippen LogP contribution in [0.2, 0.25) is 0 Å². The van der Waals surface area contributed by atoms with Gasteiger partial charge in [-0.1, -0.05) is 13.8 Å². The molecular formula is C8H24N6. The fraction of sp³-hybridized carbons (Fsp3) is 1.00. The SMILES string of the molecule is CC(C)C(C(N)N)C(C(N)N)C(N)N. The van der Waals surface area contributed by atoms with Crippen molar-refractivity contribution in [2.24, 2.45) is 52.2 Å². The molecule has 0 aliphatic heterocycles. The van der Waals surface area contributed by atoms with Gasteiger partial charge in [-0.3, -0.25) is 0 Å². The maximum absolute atomic E-state index is 5.67. The third kappa shape index (κ3) is 3.49. The summed E-state index contributed by atoms with van der Waals surface area (Å²) in [5.41, 5.74) is 33.8. The molecule has 0 fully saturated rings. The van der Waals surface area contributed by atoms with Crippen molar-refractivity contribution in [1.29, 1.82) is 0 Å². The predicted molar refractivity (Wildman–Crippen MR) is 58.3 cm³/mol. The zero-order chi connectivity index (χ0) is 11.5. The lowest BCUT2D eigenvalue weighted by molar-refractivity contribution is 0.158. The average Bonchev–Trinajstić information content (AvgIpc) is 1.96. The summed E-state index contributed by atoms with van der Waals surface area (Å²) in [5.74, 6) is -0.103. The van der Waals surface area contributed by atoms with E-state index in [1.807, 2.05) is 13.8 Å². The van der Waals surface area contributed by atoms with Gasteiger partial charge in [-0.25, -0.2) is 0 Å². The Balaban J connectivity index is 4.74. The van der Waals surface area contributed by atoms with E-state index in [2.05, 4.69) is 0 Å². The molecule has 0 spiro atoms. The van der Waals surface area contributed by atoms with Crippen molar-refractivity contribution in [3.63, 3.8) is 0 Å². The van der Waals surface area contributed by atoms with Crippen LogP contribution < -0.4 is 34.4 Å². The molecule has 0 heterocycles. The van der Waals surface area contributed by atoms with Crippen LogP contribution in [0.25, 0.3) is 0 Å². The summed E-state index contributed by atoms with van der Waals surface area (Å²) < 4.78 is 0. The first-order chi connectivity index (χ1) is 6.29. The van der Waals surface area contributed by atoms with E-state index in [1.165, 1.54) is 0 Å². The summed E-state index contributed by atoms with van der Waals surface area (Å²) in [6, 6.07) is 0. The number of hydrogen-bond donors (Lipinski definition) is 6. The predicted octanol–water partition coefficient (Wildman–Crippen LogP) is -2.39. The van der Waals surface area contributed by atoms with Crippen LogP contribution in [0.5, 0.6) is 0 Å². The first kappa shape index (κ1) is 13.8. The maximum Gasteiger partial charge on any atom is 0.0581 e. The molecule has 0 aromatic rings. The monoisotopic (exact) mass is 204 g/mol. The fourth-order valence-electron chi connectivity index (χ4n) is 1.92. The molecule has 12 N–H and O–H groups in total. The highest BCUT2D eigenvalue weighted by Gasteiger charge is 2.33. The van der Waals surface area contributed by atoms with Crippen LogP contribution in [0.4, 0.5) is 0 Å². The molecule has 86 valence electrons. The van der Waals surface area contributed by atoms with Crippen molar-refractivity contribution >= 4 is 0 Å². The second-order valence-corrected chi connectivity index (χ2v) is 4.13. The van der Waals surface area contributed by atoms with Crippen LogP contribution in [-0.2, 0) is 0 Å².